The summed E-state index contributed by atoms with van der Waals surface area (Å²) in [5, 5.41) is 27.2. The molecule has 1 aliphatic rings. The third kappa shape index (κ3) is 7.25. The summed E-state index contributed by atoms with van der Waals surface area (Å²) < 4.78 is 0. The number of hydrogen-bond acceptors (Lipinski definition) is 5. The molecular formula is C9H16N2O6. The van der Waals surface area contributed by atoms with Crippen LogP contribution >= 0.6 is 0 Å². The molecule has 1 fully saturated rings. The van der Waals surface area contributed by atoms with Crippen molar-refractivity contribution >= 4 is 17.9 Å². The fourth-order valence-corrected chi connectivity index (χ4v) is 1.17. The second-order valence-electron chi connectivity index (χ2n) is 3.53. The highest BCUT2D eigenvalue weighted by atomic mass is 16.4. The number of hydrogen-bond donors (Lipinski definition) is 5. The van der Waals surface area contributed by atoms with Gasteiger partial charge in [0.15, 0.2) is 0 Å². The Morgan fingerprint density at radius 1 is 1.29 bits per heavy atom. The highest BCUT2D eigenvalue weighted by Crippen LogP contribution is 2.03. The lowest BCUT2D eigenvalue weighted by atomic mass is 10.2. The Morgan fingerprint density at radius 2 is 1.88 bits per heavy atom. The third-order valence-electron chi connectivity index (χ3n) is 2.07. The molecule has 8 nitrogen and oxygen atoms in total. The molecule has 0 saturated carbocycles. The molecule has 0 unspecified atom stereocenters. The molecule has 2 atom stereocenters. The topological polar surface area (TPSA) is 150 Å². The van der Waals surface area contributed by atoms with Gasteiger partial charge in [-0.05, 0) is 19.4 Å². The van der Waals surface area contributed by atoms with Crippen LogP contribution in [0.1, 0.15) is 19.3 Å². The third-order valence-corrected chi connectivity index (χ3v) is 2.07. The molecule has 1 saturated heterocycles. The van der Waals surface area contributed by atoms with Crippen LogP contribution in [0.3, 0.4) is 0 Å². The van der Waals surface area contributed by atoms with E-state index in [-0.39, 0.29) is 6.04 Å². The van der Waals surface area contributed by atoms with Crippen molar-refractivity contribution in [1.82, 2.24) is 5.32 Å². The highest BCUT2D eigenvalue weighted by molar-refractivity contribution is 5.80. The van der Waals surface area contributed by atoms with Gasteiger partial charge in [0.2, 0.25) is 0 Å². The number of aliphatic carboxylic acids is 3. The Balaban J connectivity index is 0.000000302. The fourth-order valence-electron chi connectivity index (χ4n) is 1.17. The average molecular weight is 248 g/mol. The van der Waals surface area contributed by atoms with Crippen LogP contribution in [0.25, 0.3) is 0 Å². The summed E-state index contributed by atoms with van der Waals surface area (Å²) in [5.74, 6) is -3.22. The van der Waals surface area contributed by atoms with Crippen LogP contribution in [0.2, 0.25) is 0 Å². The molecule has 1 heterocycles. The van der Waals surface area contributed by atoms with Crippen LogP contribution < -0.4 is 11.1 Å². The molecule has 1 aliphatic heterocycles. The van der Waals surface area contributed by atoms with Gasteiger partial charge in [-0.2, -0.15) is 0 Å². The molecule has 6 N–H and O–H groups in total. The SMILES string of the molecule is N[C@H](CC(=O)O)C(=O)O.O=C(O)[C@@H]1CCCN1. The predicted octanol–water partition coefficient (Wildman–Crippen LogP) is -1.30. The van der Waals surface area contributed by atoms with Crippen molar-refractivity contribution in [2.75, 3.05) is 6.54 Å². The Morgan fingerprint density at radius 3 is 2.06 bits per heavy atom. The Kier molecular flexibility index (Phi) is 6.83. The van der Waals surface area contributed by atoms with E-state index in [2.05, 4.69) is 5.32 Å². The smallest absolute Gasteiger partial charge is 0.321 e. The zero-order valence-corrected chi connectivity index (χ0v) is 9.13. The lowest BCUT2D eigenvalue weighted by Crippen LogP contribution is -2.32. The maximum Gasteiger partial charge on any atom is 0.321 e. The van der Waals surface area contributed by atoms with Crippen molar-refractivity contribution in [1.29, 1.82) is 0 Å². The maximum absolute atomic E-state index is 10.1. The van der Waals surface area contributed by atoms with Crippen LogP contribution in [-0.2, 0) is 14.4 Å². The quantitative estimate of drug-likeness (QED) is 0.411. The van der Waals surface area contributed by atoms with Gasteiger partial charge in [-0.1, -0.05) is 0 Å². The lowest BCUT2D eigenvalue weighted by Gasteiger charge is -1.99. The molecule has 0 aromatic carbocycles. The number of carboxylic acids is 3. The zero-order chi connectivity index (χ0) is 13.4. The van der Waals surface area contributed by atoms with Gasteiger partial charge in [-0.3, -0.25) is 14.4 Å². The molecule has 0 aliphatic carbocycles. The van der Waals surface area contributed by atoms with E-state index in [0.717, 1.165) is 19.4 Å². The largest absolute Gasteiger partial charge is 0.481 e. The summed E-state index contributed by atoms with van der Waals surface area (Å²) in [4.78, 5) is 29.8. The average Bonchev–Trinajstić information content (AvgIpc) is 2.69. The highest BCUT2D eigenvalue weighted by Gasteiger charge is 2.20. The van der Waals surface area contributed by atoms with E-state index in [0.29, 0.717) is 0 Å². The van der Waals surface area contributed by atoms with Gasteiger partial charge in [-0.15, -0.1) is 0 Å². The van der Waals surface area contributed by atoms with E-state index >= 15 is 0 Å². The van der Waals surface area contributed by atoms with Crippen molar-refractivity contribution in [2.24, 2.45) is 5.73 Å². The minimum atomic E-state index is -1.29. The first-order valence-electron chi connectivity index (χ1n) is 5.01. The summed E-state index contributed by atoms with van der Waals surface area (Å²) in [6.45, 7) is 0.858. The molecule has 8 heteroatoms. The first kappa shape index (κ1) is 15.3. The standard InChI is InChI=1S/C5H9NO2.C4H7NO4/c7-5(8)4-2-1-3-6-4;5-2(4(8)9)1-3(6)7/h4,6H,1-3H2,(H,7,8);2H,1,5H2,(H,6,7)(H,8,9)/t4-;2-/m01/s1. The minimum Gasteiger partial charge on any atom is -0.481 e. The van der Waals surface area contributed by atoms with Gasteiger partial charge in [0.05, 0.1) is 6.42 Å². The number of nitrogens with one attached hydrogen (secondary N) is 1. The van der Waals surface area contributed by atoms with Crippen molar-refractivity contribution < 1.29 is 29.7 Å². The second-order valence-corrected chi connectivity index (χ2v) is 3.53. The molecular weight excluding hydrogens is 232 g/mol. The van der Waals surface area contributed by atoms with E-state index < -0.39 is 30.4 Å². The number of carboxylic acid groups (broad SMARTS) is 3. The molecule has 0 radical (unpaired) electrons. The molecule has 0 amide bonds. The van der Waals surface area contributed by atoms with Gasteiger partial charge in [0.25, 0.3) is 0 Å². The summed E-state index contributed by atoms with van der Waals surface area (Å²) >= 11 is 0. The van der Waals surface area contributed by atoms with Gasteiger partial charge in [-0.25, -0.2) is 0 Å². The Hall–Kier alpha value is -1.67. The normalized spacial score (nSPS) is 19.9. The van der Waals surface area contributed by atoms with Gasteiger partial charge in [0.1, 0.15) is 12.1 Å². The summed E-state index contributed by atoms with van der Waals surface area (Å²) in [7, 11) is 0. The lowest BCUT2D eigenvalue weighted by molar-refractivity contribution is -0.144. The van der Waals surface area contributed by atoms with Gasteiger partial charge < -0.3 is 26.4 Å². The second kappa shape index (κ2) is 7.58. The van der Waals surface area contributed by atoms with Crippen LogP contribution in [0.5, 0.6) is 0 Å². The molecule has 0 spiro atoms. The number of nitrogens with two attached hydrogens (primary N) is 1. The van der Waals surface area contributed by atoms with E-state index in [9.17, 15) is 14.4 Å². The van der Waals surface area contributed by atoms with Crippen LogP contribution in [0.4, 0.5) is 0 Å². The Bertz CT molecular complexity index is 287. The first-order chi connectivity index (χ1) is 7.84. The first-order valence-corrected chi connectivity index (χ1v) is 5.01. The minimum absolute atomic E-state index is 0.269. The van der Waals surface area contributed by atoms with Crippen molar-refractivity contribution in [3.05, 3.63) is 0 Å². The van der Waals surface area contributed by atoms with E-state index in [4.69, 9.17) is 21.1 Å². The summed E-state index contributed by atoms with van der Waals surface area (Å²) in [5.41, 5.74) is 4.84. The predicted molar refractivity (Wildman–Crippen MR) is 56.5 cm³/mol. The molecule has 17 heavy (non-hydrogen) atoms. The van der Waals surface area contributed by atoms with Crippen molar-refractivity contribution in [3.63, 3.8) is 0 Å². The Labute approximate surface area is 97.4 Å². The summed E-state index contributed by atoms with van der Waals surface area (Å²) in [6.07, 6.45) is 1.25. The van der Waals surface area contributed by atoms with Crippen molar-refractivity contribution in [3.8, 4) is 0 Å². The van der Waals surface area contributed by atoms with E-state index in [1.807, 2.05) is 0 Å². The van der Waals surface area contributed by atoms with E-state index in [1.165, 1.54) is 0 Å². The molecule has 1 rings (SSSR count). The number of rotatable bonds is 4. The van der Waals surface area contributed by atoms with Crippen LogP contribution in [0.15, 0.2) is 0 Å². The van der Waals surface area contributed by atoms with Crippen LogP contribution in [-0.4, -0.2) is 51.9 Å². The number of carbonyl (C=O) groups is 3. The van der Waals surface area contributed by atoms with Crippen LogP contribution in [0, 0.1) is 0 Å². The molecule has 0 aromatic heterocycles. The fraction of sp³-hybridized carbons (Fsp3) is 0.667. The van der Waals surface area contributed by atoms with Crippen molar-refractivity contribution in [2.45, 2.75) is 31.3 Å². The van der Waals surface area contributed by atoms with Gasteiger partial charge in [0, 0.05) is 0 Å². The molecule has 0 aromatic rings. The maximum atomic E-state index is 10.1. The summed E-state index contributed by atoms with van der Waals surface area (Å²) in [6, 6.07) is -1.56. The van der Waals surface area contributed by atoms with Gasteiger partial charge >= 0.3 is 17.9 Å². The molecule has 98 valence electrons. The van der Waals surface area contributed by atoms with E-state index in [1.54, 1.807) is 0 Å². The monoisotopic (exact) mass is 248 g/mol. The zero-order valence-electron chi connectivity index (χ0n) is 9.13. The molecule has 0 bridgehead atoms.